The topological polar surface area (TPSA) is 66.5 Å². The van der Waals surface area contributed by atoms with Crippen LogP contribution < -0.4 is 9.62 Å². The summed E-state index contributed by atoms with van der Waals surface area (Å²) in [7, 11) is -3.93. The number of hydrogen-bond acceptors (Lipinski definition) is 3. The molecule has 0 unspecified atom stereocenters. The van der Waals surface area contributed by atoms with E-state index in [1.807, 2.05) is 26.8 Å². The maximum Gasteiger partial charge on any atom is 0.264 e. The first kappa shape index (κ1) is 25.5. The van der Waals surface area contributed by atoms with Crippen LogP contribution in [0.2, 0.25) is 0 Å². The molecule has 0 bridgehead atoms. The zero-order valence-corrected chi connectivity index (χ0v) is 21.5. The Hall–Kier alpha value is -3.12. The van der Waals surface area contributed by atoms with E-state index in [9.17, 15) is 13.2 Å². The van der Waals surface area contributed by atoms with Crippen LogP contribution in [0.15, 0.2) is 65.6 Å². The molecule has 0 saturated carbocycles. The van der Waals surface area contributed by atoms with Gasteiger partial charge in [0.2, 0.25) is 5.91 Å². The van der Waals surface area contributed by atoms with Gasteiger partial charge in [-0.3, -0.25) is 9.10 Å². The largest absolute Gasteiger partial charge is 0.350 e. The third-order valence-electron chi connectivity index (χ3n) is 5.93. The van der Waals surface area contributed by atoms with Crippen molar-refractivity contribution < 1.29 is 13.2 Å². The number of aryl methyl sites for hydroxylation is 5. The van der Waals surface area contributed by atoms with Crippen molar-refractivity contribution in [3.8, 4) is 0 Å². The van der Waals surface area contributed by atoms with Gasteiger partial charge >= 0.3 is 0 Å². The molecule has 6 heteroatoms. The van der Waals surface area contributed by atoms with Crippen LogP contribution in [-0.4, -0.2) is 20.9 Å². The highest BCUT2D eigenvalue weighted by atomic mass is 32.2. The molecule has 180 valence electrons. The van der Waals surface area contributed by atoms with Gasteiger partial charge in [-0.05, 0) is 85.7 Å². The molecule has 1 N–H and O–H groups in total. The monoisotopic (exact) mass is 478 g/mol. The molecule has 0 atom stereocenters. The summed E-state index contributed by atoms with van der Waals surface area (Å²) in [5, 5.41) is 2.94. The lowest BCUT2D eigenvalue weighted by atomic mass is 10.0. The Balaban J connectivity index is 1.90. The van der Waals surface area contributed by atoms with Gasteiger partial charge in [-0.2, -0.15) is 0 Å². The number of nitrogens with one attached hydrogen (secondary N) is 1. The number of carbonyl (C=O) groups excluding carboxylic acids is 1. The fourth-order valence-corrected chi connectivity index (χ4v) is 5.44. The van der Waals surface area contributed by atoms with Crippen LogP contribution in [0.1, 0.15) is 47.2 Å². The minimum absolute atomic E-state index is 0.161. The van der Waals surface area contributed by atoms with E-state index in [0.717, 1.165) is 35.1 Å². The first-order chi connectivity index (χ1) is 16.1. The smallest absolute Gasteiger partial charge is 0.264 e. The zero-order valence-electron chi connectivity index (χ0n) is 20.7. The second kappa shape index (κ2) is 10.9. The molecule has 0 spiro atoms. The average Bonchev–Trinajstić information content (AvgIpc) is 2.80. The normalized spacial score (nSPS) is 11.3. The molecule has 3 rings (SSSR count). The molecule has 0 aliphatic carbocycles. The Morgan fingerprint density at radius 3 is 2.03 bits per heavy atom. The SMILES string of the molecule is CCc1ccc(CC)c(CNC(=O)CN(c2cc(C)cc(C)c2)S(=O)(=O)c2ccc(C)cc2)c1. The van der Waals surface area contributed by atoms with Gasteiger partial charge in [0.05, 0.1) is 10.6 Å². The number of nitrogens with zero attached hydrogens (tertiary/aromatic N) is 1. The van der Waals surface area contributed by atoms with Crippen LogP contribution in [0, 0.1) is 20.8 Å². The zero-order chi connectivity index (χ0) is 24.9. The number of carbonyl (C=O) groups is 1. The Morgan fingerprint density at radius 1 is 0.794 bits per heavy atom. The number of sulfonamides is 1. The van der Waals surface area contributed by atoms with Crippen molar-refractivity contribution in [2.45, 2.75) is 58.9 Å². The highest BCUT2D eigenvalue weighted by Gasteiger charge is 2.27. The fourth-order valence-electron chi connectivity index (χ4n) is 4.04. The van der Waals surface area contributed by atoms with E-state index in [4.69, 9.17) is 0 Å². The number of amides is 1. The standard InChI is InChI=1S/C28H34N2O3S/c1-6-23-10-11-24(7-2)25(17-23)18-29-28(31)19-30(26-15-21(4)14-22(5)16-26)34(32,33)27-12-8-20(3)9-13-27/h8-17H,6-7,18-19H2,1-5H3,(H,29,31). The molecule has 3 aromatic carbocycles. The van der Waals surface area contributed by atoms with Gasteiger partial charge < -0.3 is 5.32 Å². The summed E-state index contributed by atoms with van der Waals surface area (Å²) in [6.07, 6.45) is 1.78. The molecule has 34 heavy (non-hydrogen) atoms. The van der Waals surface area contributed by atoms with Crippen molar-refractivity contribution in [1.29, 1.82) is 0 Å². The lowest BCUT2D eigenvalue weighted by Crippen LogP contribution is -2.40. The lowest BCUT2D eigenvalue weighted by molar-refractivity contribution is -0.119. The minimum atomic E-state index is -3.93. The first-order valence-electron chi connectivity index (χ1n) is 11.7. The second-order valence-corrected chi connectivity index (χ2v) is 10.6. The van der Waals surface area contributed by atoms with Crippen molar-refractivity contribution in [3.63, 3.8) is 0 Å². The lowest BCUT2D eigenvalue weighted by Gasteiger charge is -2.25. The molecule has 0 heterocycles. The minimum Gasteiger partial charge on any atom is -0.350 e. The van der Waals surface area contributed by atoms with Gasteiger partial charge in [0, 0.05) is 6.54 Å². The summed E-state index contributed by atoms with van der Waals surface area (Å²) in [6, 6.07) is 18.6. The second-order valence-electron chi connectivity index (χ2n) is 8.76. The third kappa shape index (κ3) is 6.06. The number of anilines is 1. The van der Waals surface area contributed by atoms with E-state index in [2.05, 4.69) is 37.4 Å². The highest BCUT2D eigenvalue weighted by Crippen LogP contribution is 2.26. The first-order valence-corrected chi connectivity index (χ1v) is 13.1. The molecular formula is C28H34N2O3S. The van der Waals surface area contributed by atoms with Crippen LogP contribution in [-0.2, 0) is 34.2 Å². The summed E-state index contributed by atoms with van der Waals surface area (Å²) in [5.41, 5.74) is 6.77. The molecule has 0 saturated heterocycles. The van der Waals surface area contributed by atoms with Crippen molar-refractivity contribution in [2.24, 2.45) is 0 Å². The van der Waals surface area contributed by atoms with Crippen LogP contribution in [0.25, 0.3) is 0 Å². The molecule has 0 radical (unpaired) electrons. The summed E-state index contributed by atoms with van der Waals surface area (Å²) in [4.78, 5) is 13.2. The molecule has 0 fully saturated rings. The molecular weight excluding hydrogens is 444 g/mol. The van der Waals surface area contributed by atoms with Gasteiger partial charge in [0.25, 0.3) is 10.0 Å². The highest BCUT2D eigenvalue weighted by molar-refractivity contribution is 7.92. The maximum atomic E-state index is 13.6. The van der Waals surface area contributed by atoms with Gasteiger partial charge in [-0.15, -0.1) is 0 Å². The van der Waals surface area contributed by atoms with Crippen LogP contribution in [0.5, 0.6) is 0 Å². The van der Waals surface area contributed by atoms with Gasteiger partial charge in [0.15, 0.2) is 0 Å². The predicted molar refractivity (Wildman–Crippen MR) is 139 cm³/mol. The van der Waals surface area contributed by atoms with Crippen molar-refractivity contribution in [3.05, 3.63) is 94.0 Å². The summed E-state index contributed by atoms with van der Waals surface area (Å²) >= 11 is 0. The van der Waals surface area contributed by atoms with Crippen LogP contribution in [0.4, 0.5) is 5.69 Å². The van der Waals surface area contributed by atoms with Gasteiger partial charge in [0.1, 0.15) is 6.54 Å². The Morgan fingerprint density at radius 2 is 1.44 bits per heavy atom. The summed E-state index contributed by atoms with van der Waals surface area (Å²) in [5.74, 6) is -0.348. The predicted octanol–water partition coefficient (Wildman–Crippen LogP) is 5.25. The molecule has 0 aliphatic rings. The van der Waals surface area contributed by atoms with E-state index in [-0.39, 0.29) is 17.3 Å². The Bertz CT molecular complexity index is 1250. The molecule has 3 aromatic rings. The average molecular weight is 479 g/mol. The number of benzene rings is 3. The van der Waals surface area contributed by atoms with Crippen molar-refractivity contribution >= 4 is 21.6 Å². The van der Waals surface area contributed by atoms with E-state index < -0.39 is 10.0 Å². The Kier molecular flexibility index (Phi) is 8.15. The van der Waals surface area contributed by atoms with E-state index in [1.54, 1.807) is 36.4 Å². The maximum absolute atomic E-state index is 13.6. The van der Waals surface area contributed by atoms with Crippen molar-refractivity contribution in [1.82, 2.24) is 5.32 Å². The molecule has 0 aromatic heterocycles. The summed E-state index contributed by atoms with van der Waals surface area (Å²) in [6.45, 7) is 9.99. The van der Waals surface area contributed by atoms with Gasteiger partial charge in [-0.1, -0.05) is 55.8 Å². The van der Waals surface area contributed by atoms with E-state index in [1.165, 1.54) is 15.4 Å². The van der Waals surface area contributed by atoms with E-state index >= 15 is 0 Å². The number of hydrogen-bond donors (Lipinski definition) is 1. The quantitative estimate of drug-likeness (QED) is 0.457. The van der Waals surface area contributed by atoms with Crippen LogP contribution in [0.3, 0.4) is 0 Å². The Labute approximate surface area is 203 Å². The third-order valence-corrected chi connectivity index (χ3v) is 7.71. The van der Waals surface area contributed by atoms with E-state index in [0.29, 0.717) is 12.2 Å². The van der Waals surface area contributed by atoms with Gasteiger partial charge in [-0.25, -0.2) is 8.42 Å². The molecule has 1 amide bonds. The van der Waals surface area contributed by atoms with Crippen LogP contribution >= 0.6 is 0 Å². The fraction of sp³-hybridized carbons (Fsp3) is 0.321. The molecule has 5 nitrogen and oxygen atoms in total. The molecule has 0 aliphatic heterocycles. The van der Waals surface area contributed by atoms with Crippen molar-refractivity contribution in [2.75, 3.05) is 10.8 Å². The summed E-state index contributed by atoms with van der Waals surface area (Å²) < 4.78 is 28.4. The number of rotatable bonds is 9.